The van der Waals surface area contributed by atoms with Crippen LogP contribution in [0.1, 0.15) is 41.3 Å². The van der Waals surface area contributed by atoms with Gasteiger partial charge in [0.15, 0.2) is 11.6 Å². The number of Topliss-reactive ketones (excluding diaryl/α,β-unsaturated/α-hetero) is 2. The van der Waals surface area contributed by atoms with Gasteiger partial charge in [0.05, 0.1) is 11.7 Å². The molecule has 1 aromatic heterocycles. The van der Waals surface area contributed by atoms with Gasteiger partial charge in [0.1, 0.15) is 6.33 Å². The Morgan fingerprint density at radius 2 is 2.03 bits per heavy atom. The summed E-state index contributed by atoms with van der Waals surface area (Å²) in [5.41, 5.74) is 2.71. The second kappa shape index (κ2) is 11.8. The van der Waals surface area contributed by atoms with Crippen LogP contribution >= 0.6 is 11.6 Å². The molecule has 10 heteroatoms. The number of carbonyl (C=O) groups is 3. The quantitative estimate of drug-likeness (QED) is 0.338. The van der Waals surface area contributed by atoms with Crippen molar-refractivity contribution in [3.05, 3.63) is 76.6 Å². The summed E-state index contributed by atoms with van der Waals surface area (Å²) in [5.74, 6) is -0.490. The summed E-state index contributed by atoms with van der Waals surface area (Å²) in [6.07, 6.45) is 6.41. The molecule has 1 aliphatic rings. The fourth-order valence-corrected chi connectivity index (χ4v) is 4.48. The lowest BCUT2D eigenvalue weighted by atomic mass is 9.87. The van der Waals surface area contributed by atoms with Gasteiger partial charge in [0.2, 0.25) is 5.91 Å². The predicted molar refractivity (Wildman–Crippen MR) is 136 cm³/mol. The van der Waals surface area contributed by atoms with Crippen molar-refractivity contribution >= 4 is 35.2 Å². The lowest BCUT2D eigenvalue weighted by Gasteiger charge is -2.30. The largest absolute Gasteiger partial charge is 0.342 e. The summed E-state index contributed by atoms with van der Waals surface area (Å²) in [4.78, 5) is 37.8. The fourth-order valence-electron chi connectivity index (χ4n) is 4.30. The summed E-state index contributed by atoms with van der Waals surface area (Å²) in [6, 6.07) is 11.5. The van der Waals surface area contributed by atoms with E-state index >= 15 is 0 Å². The SMILES string of the molecule is CC(=O)c1ccc(CC(=O)[C@@H](NC(=O)/C=C/c2cc(Cl)ccc2-n2cnnn2)C2CCCNC2)cc1. The molecule has 0 saturated carbocycles. The van der Waals surface area contributed by atoms with Crippen molar-refractivity contribution in [3.8, 4) is 5.69 Å². The molecule has 9 nitrogen and oxygen atoms in total. The molecule has 36 heavy (non-hydrogen) atoms. The fraction of sp³-hybridized carbons (Fsp3) is 0.308. The van der Waals surface area contributed by atoms with E-state index in [9.17, 15) is 14.4 Å². The van der Waals surface area contributed by atoms with Gasteiger partial charge in [-0.25, -0.2) is 0 Å². The Bertz CT molecular complexity index is 1250. The van der Waals surface area contributed by atoms with Crippen LogP contribution in [-0.4, -0.2) is 56.8 Å². The number of hydrogen-bond donors (Lipinski definition) is 2. The lowest BCUT2D eigenvalue weighted by molar-refractivity contribution is -0.126. The molecule has 2 aromatic carbocycles. The van der Waals surface area contributed by atoms with Crippen LogP contribution in [0.25, 0.3) is 11.8 Å². The van der Waals surface area contributed by atoms with E-state index in [1.54, 1.807) is 48.5 Å². The molecule has 2 heterocycles. The Hall–Kier alpha value is -3.69. The molecule has 0 radical (unpaired) electrons. The van der Waals surface area contributed by atoms with E-state index in [2.05, 4.69) is 26.2 Å². The van der Waals surface area contributed by atoms with Crippen molar-refractivity contribution < 1.29 is 14.4 Å². The topological polar surface area (TPSA) is 119 Å². The van der Waals surface area contributed by atoms with E-state index in [-0.39, 0.29) is 29.8 Å². The number of nitrogens with zero attached hydrogens (tertiary/aromatic N) is 4. The van der Waals surface area contributed by atoms with Crippen LogP contribution in [0.4, 0.5) is 0 Å². The minimum absolute atomic E-state index is 0.0111. The zero-order chi connectivity index (χ0) is 25.5. The first-order valence-electron chi connectivity index (χ1n) is 11.8. The van der Waals surface area contributed by atoms with Gasteiger partial charge in [0, 0.05) is 35.2 Å². The minimum atomic E-state index is -0.638. The van der Waals surface area contributed by atoms with Crippen molar-refractivity contribution in [2.24, 2.45) is 5.92 Å². The molecular weight excluding hydrogens is 480 g/mol. The second-order valence-electron chi connectivity index (χ2n) is 8.78. The van der Waals surface area contributed by atoms with Crippen molar-refractivity contribution in [2.45, 2.75) is 32.2 Å². The number of amides is 1. The maximum Gasteiger partial charge on any atom is 0.244 e. The highest BCUT2D eigenvalue weighted by Gasteiger charge is 2.30. The van der Waals surface area contributed by atoms with Crippen molar-refractivity contribution in [1.29, 1.82) is 0 Å². The number of carbonyl (C=O) groups excluding carboxylic acids is 3. The van der Waals surface area contributed by atoms with Crippen LogP contribution in [0, 0.1) is 5.92 Å². The number of aromatic nitrogens is 4. The van der Waals surface area contributed by atoms with E-state index in [0.717, 1.165) is 24.9 Å². The smallest absolute Gasteiger partial charge is 0.244 e. The number of nitrogens with one attached hydrogen (secondary N) is 2. The van der Waals surface area contributed by atoms with Gasteiger partial charge in [-0.3, -0.25) is 14.4 Å². The monoisotopic (exact) mass is 506 g/mol. The van der Waals surface area contributed by atoms with E-state index in [0.29, 0.717) is 28.4 Å². The van der Waals surface area contributed by atoms with Gasteiger partial charge in [-0.1, -0.05) is 35.9 Å². The average molecular weight is 507 g/mol. The summed E-state index contributed by atoms with van der Waals surface area (Å²) in [7, 11) is 0. The molecule has 186 valence electrons. The van der Waals surface area contributed by atoms with Gasteiger partial charge in [-0.15, -0.1) is 5.10 Å². The maximum atomic E-state index is 13.3. The number of ketones is 2. The summed E-state index contributed by atoms with van der Waals surface area (Å²) in [5, 5.41) is 18.0. The number of benzene rings is 2. The normalized spacial score (nSPS) is 16.6. The van der Waals surface area contributed by atoms with E-state index < -0.39 is 6.04 Å². The highest BCUT2D eigenvalue weighted by atomic mass is 35.5. The molecule has 4 rings (SSSR count). The van der Waals surface area contributed by atoms with Gasteiger partial charge < -0.3 is 10.6 Å². The van der Waals surface area contributed by atoms with Crippen molar-refractivity contribution in [3.63, 3.8) is 0 Å². The first-order chi connectivity index (χ1) is 17.4. The third kappa shape index (κ3) is 6.50. The summed E-state index contributed by atoms with van der Waals surface area (Å²) < 4.78 is 1.48. The molecule has 3 aromatic rings. The highest BCUT2D eigenvalue weighted by molar-refractivity contribution is 6.30. The third-order valence-electron chi connectivity index (χ3n) is 6.19. The number of hydrogen-bond acceptors (Lipinski definition) is 7. The van der Waals surface area contributed by atoms with E-state index in [1.807, 2.05) is 0 Å². The van der Waals surface area contributed by atoms with Crippen LogP contribution in [0.5, 0.6) is 0 Å². The van der Waals surface area contributed by atoms with Gasteiger partial charge in [-0.05, 0) is 72.5 Å². The molecule has 1 amide bonds. The molecule has 0 aliphatic carbocycles. The van der Waals surface area contributed by atoms with Gasteiger partial charge >= 0.3 is 0 Å². The Balaban J connectivity index is 1.50. The molecule has 1 fully saturated rings. The van der Waals surface area contributed by atoms with Crippen LogP contribution in [0.15, 0.2) is 54.9 Å². The second-order valence-corrected chi connectivity index (χ2v) is 9.22. The molecule has 1 aliphatic heterocycles. The first kappa shape index (κ1) is 25.4. The first-order valence-corrected chi connectivity index (χ1v) is 12.1. The molecule has 0 bridgehead atoms. The lowest BCUT2D eigenvalue weighted by Crippen LogP contribution is -2.50. The van der Waals surface area contributed by atoms with Gasteiger partial charge in [-0.2, -0.15) is 4.68 Å². The zero-order valence-electron chi connectivity index (χ0n) is 19.9. The Labute approximate surface area is 213 Å². The molecule has 0 spiro atoms. The molecule has 2 N–H and O–H groups in total. The van der Waals surface area contributed by atoms with Gasteiger partial charge in [0.25, 0.3) is 0 Å². The van der Waals surface area contributed by atoms with Crippen LogP contribution < -0.4 is 10.6 Å². The van der Waals surface area contributed by atoms with E-state index in [4.69, 9.17) is 11.6 Å². The molecule has 2 atom stereocenters. The van der Waals surface area contributed by atoms with Crippen molar-refractivity contribution in [2.75, 3.05) is 13.1 Å². The maximum absolute atomic E-state index is 13.3. The molecule has 1 saturated heterocycles. The number of halogens is 1. The highest BCUT2D eigenvalue weighted by Crippen LogP contribution is 2.21. The van der Waals surface area contributed by atoms with Crippen LogP contribution in [-0.2, 0) is 16.0 Å². The number of tetrazole rings is 1. The van der Waals surface area contributed by atoms with Crippen LogP contribution in [0.2, 0.25) is 5.02 Å². The summed E-state index contributed by atoms with van der Waals surface area (Å²) in [6.45, 7) is 3.05. The Kier molecular flexibility index (Phi) is 8.35. The Morgan fingerprint density at radius 3 is 2.69 bits per heavy atom. The standard InChI is InChI=1S/C26H27ClN6O3/c1-17(34)19-6-4-18(5-7-19)13-24(35)26(21-3-2-12-28-15-21)30-25(36)11-8-20-14-22(27)9-10-23(20)33-16-29-31-32-33/h4-11,14,16,21,26,28H,2-3,12-13,15H2,1H3,(H,30,36)/b11-8+/t21?,26-/m0/s1. The number of rotatable bonds is 9. The van der Waals surface area contributed by atoms with Crippen LogP contribution in [0.3, 0.4) is 0 Å². The van der Waals surface area contributed by atoms with Crippen molar-refractivity contribution in [1.82, 2.24) is 30.8 Å². The molecular formula is C26H27ClN6O3. The number of piperidine rings is 1. The minimum Gasteiger partial charge on any atom is -0.342 e. The average Bonchev–Trinajstić information content (AvgIpc) is 3.41. The van der Waals surface area contributed by atoms with E-state index in [1.165, 1.54) is 24.0 Å². The predicted octanol–water partition coefficient (Wildman–Crippen LogP) is 2.83. The molecule has 1 unspecified atom stereocenters. The summed E-state index contributed by atoms with van der Waals surface area (Å²) >= 11 is 6.16. The Morgan fingerprint density at radius 1 is 1.22 bits per heavy atom. The third-order valence-corrected chi connectivity index (χ3v) is 6.42. The zero-order valence-corrected chi connectivity index (χ0v) is 20.6.